The number of rotatable bonds is 7. The molecule has 0 spiro atoms. The van der Waals surface area contributed by atoms with Crippen LogP contribution in [0.5, 0.6) is 0 Å². The molecule has 0 saturated heterocycles. The molecule has 0 rings (SSSR count). The number of hydrogen-bond donors (Lipinski definition) is 1. The van der Waals surface area contributed by atoms with Crippen LogP contribution in [-0.2, 0) is 19.1 Å². The summed E-state index contributed by atoms with van der Waals surface area (Å²) in [5, 5.41) is 9.39. The van der Waals surface area contributed by atoms with Crippen LogP contribution in [0.25, 0.3) is 0 Å². The van der Waals surface area contributed by atoms with E-state index in [0.717, 1.165) is 0 Å². The van der Waals surface area contributed by atoms with Crippen molar-refractivity contribution in [1.82, 2.24) is 0 Å². The highest BCUT2D eigenvalue weighted by Crippen LogP contribution is 2.28. The lowest BCUT2D eigenvalue weighted by Crippen LogP contribution is -2.27. The van der Waals surface area contributed by atoms with Crippen molar-refractivity contribution >= 4 is 17.7 Å². The number of aliphatic imine (C=N–C) groups is 1. The predicted octanol–water partition coefficient (Wildman–Crippen LogP) is 2.73. The topological polar surface area (TPSA) is 85.2 Å². The molecule has 0 fully saturated rings. The highest BCUT2D eigenvalue weighted by atomic mass is 19.4. The maximum atomic E-state index is 12.8. The van der Waals surface area contributed by atoms with Gasteiger partial charge in [-0.25, -0.2) is 4.79 Å². The van der Waals surface area contributed by atoms with Crippen LogP contribution in [0.15, 0.2) is 16.3 Å². The van der Waals surface area contributed by atoms with Crippen molar-refractivity contribution in [1.29, 1.82) is 0 Å². The summed E-state index contributed by atoms with van der Waals surface area (Å²) < 4.78 is 47.6. The lowest BCUT2D eigenvalue weighted by atomic mass is 10.1. The Morgan fingerprint density at radius 1 is 1.13 bits per heavy atom. The Balaban J connectivity index is 6.03. The van der Waals surface area contributed by atoms with E-state index in [-0.39, 0.29) is 13.2 Å². The van der Waals surface area contributed by atoms with Gasteiger partial charge in [-0.1, -0.05) is 0 Å². The fourth-order valence-electron chi connectivity index (χ4n) is 1.56. The highest BCUT2D eigenvalue weighted by Gasteiger charge is 2.41. The van der Waals surface area contributed by atoms with Crippen molar-refractivity contribution < 1.29 is 37.3 Å². The quantitative estimate of drug-likeness (QED) is 0.334. The average Bonchev–Trinajstić information content (AvgIpc) is 2.37. The van der Waals surface area contributed by atoms with Crippen LogP contribution in [0, 0.1) is 0 Å². The molecule has 0 aromatic heterocycles. The van der Waals surface area contributed by atoms with Gasteiger partial charge < -0.3 is 14.6 Å². The lowest BCUT2D eigenvalue weighted by molar-refractivity contribution is -0.142. The van der Waals surface area contributed by atoms with Gasteiger partial charge in [-0.3, -0.25) is 9.79 Å². The summed E-state index contributed by atoms with van der Waals surface area (Å²) in [6.07, 6.45) is -5.88. The van der Waals surface area contributed by atoms with E-state index in [1.807, 2.05) is 0 Å². The van der Waals surface area contributed by atoms with Crippen LogP contribution < -0.4 is 0 Å². The molecule has 0 aromatic carbocycles. The van der Waals surface area contributed by atoms with Gasteiger partial charge in [0.05, 0.1) is 25.3 Å². The Morgan fingerprint density at radius 3 is 2.04 bits per heavy atom. The third-order valence-electron chi connectivity index (χ3n) is 2.30. The molecule has 23 heavy (non-hydrogen) atoms. The van der Waals surface area contributed by atoms with E-state index in [1.165, 1.54) is 13.8 Å². The highest BCUT2D eigenvalue weighted by molar-refractivity contribution is 6.24. The average molecular weight is 339 g/mol. The van der Waals surface area contributed by atoms with Gasteiger partial charge in [-0.05, 0) is 27.7 Å². The molecular weight excluding hydrogens is 319 g/mol. The van der Waals surface area contributed by atoms with Crippen molar-refractivity contribution in [2.24, 2.45) is 4.99 Å². The fraction of sp³-hybridized carbons (Fsp3) is 0.643. The van der Waals surface area contributed by atoms with Gasteiger partial charge in [-0.15, -0.1) is 0 Å². The van der Waals surface area contributed by atoms with Crippen LogP contribution in [0.2, 0.25) is 0 Å². The van der Waals surface area contributed by atoms with E-state index in [9.17, 15) is 27.9 Å². The molecule has 0 aromatic rings. The van der Waals surface area contributed by atoms with Gasteiger partial charge in [0, 0.05) is 6.04 Å². The number of ether oxygens (including phenoxy) is 2. The molecule has 0 unspecified atom stereocenters. The minimum atomic E-state index is -5.19. The second-order valence-electron chi connectivity index (χ2n) is 4.59. The van der Waals surface area contributed by atoms with Crippen LogP contribution in [0.1, 0.15) is 34.1 Å². The van der Waals surface area contributed by atoms with Gasteiger partial charge in [0.25, 0.3) is 0 Å². The van der Waals surface area contributed by atoms with Gasteiger partial charge in [0.15, 0.2) is 0 Å². The molecular formula is C14H20F3NO5. The Hall–Kier alpha value is -2.06. The number of carbonyl (C=O) groups is 2. The molecule has 0 bridgehead atoms. The van der Waals surface area contributed by atoms with Crippen molar-refractivity contribution in [2.45, 2.75) is 46.3 Å². The molecule has 1 N–H and O–H groups in total. The molecule has 6 nitrogen and oxygen atoms in total. The summed E-state index contributed by atoms with van der Waals surface area (Å²) in [5.74, 6) is -4.44. The van der Waals surface area contributed by atoms with Crippen LogP contribution in [0.3, 0.4) is 0 Å². The van der Waals surface area contributed by atoms with E-state index in [1.54, 1.807) is 13.8 Å². The maximum Gasteiger partial charge on any atom is 0.449 e. The molecule has 0 atom stereocenters. The first-order chi connectivity index (χ1) is 10.5. The molecule has 0 heterocycles. The molecule has 9 heteroatoms. The minimum absolute atomic E-state index is 0.0114. The summed E-state index contributed by atoms with van der Waals surface area (Å²) in [5.41, 5.74) is -1.71. The number of halogens is 3. The standard InChI is InChI=1S/C14H20F3NO5/c1-5-22-10(19)7-9(18-8(3)4)11(13(21)23-6-2)12(20)14(15,16)17/h8,20H,5-7H2,1-4H3/b12-11+,18-9?. The monoisotopic (exact) mass is 339 g/mol. The molecule has 0 aliphatic rings. The molecule has 132 valence electrons. The largest absolute Gasteiger partial charge is 0.504 e. The molecule has 0 saturated carbocycles. The first kappa shape index (κ1) is 20.9. The van der Waals surface area contributed by atoms with Crippen molar-refractivity contribution in [3.63, 3.8) is 0 Å². The molecule has 0 radical (unpaired) electrons. The SMILES string of the molecule is CCOC(=O)CC(=NC(C)C)/C(C(=O)OCC)=C(\O)C(F)(F)F. The normalized spacial score (nSPS) is 13.7. The Bertz CT molecular complexity index is 495. The van der Waals surface area contributed by atoms with E-state index in [4.69, 9.17) is 0 Å². The van der Waals surface area contributed by atoms with Gasteiger partial charge in [0.1, 0.15) is 5.57 Å². The third kappa shape index (κ3) is 7.16. The second-order valence-corrected chi connectivity index (χ2v) is 4.59. The summed E-state index contributed by atoms with van der Waals surface area (Å²) >= 11 is 0. The molecule has 0 aliphatic heterocycles. The number of aliphatic hydroxyl groups excluding tert-OH is 1. The van der Waals surface area contributed by atoms with E-state index >= 15 is 0 Å². The summed E-state index contributed by atoms with van der Waals surface area (Å²) in [7, 11) is 0. The van der Waals surface area contributed by atoms with E-state index in [0.29, 0.717) is 0 Å². The number of nitrogens with zero attached hydrogens (tertiary/aromatic N) is 1. The summed E-state index contributed by atoms with van der Waals surface area (Å²) in [4.78, 5) is 27.2. The van der Waals surface area contributed by atoms with Crippen molar-refractivity contribution in [2.75, 3.05) is 13.2 Å². The summed E-state index contributed by atoms with van der Waals surface area (Å²) in [6.45, 7) is 5.80. The van der Waals surface area contributed by atoms with E-state index in [2.05, 4.69) is 14.5 Å². The smallest absolute Gasteiger partial charge is 0.449 e. The number of alkyl halides is 3. The zero-order chi connectivity index (χ0) is 18.2. The van der Waals surface area contributed by atoms with Crippen LogP contribution in [0.4, 0.5) is 13.2 Å². The van der Waals surface area contributed by atoms with Gasteiger partial charge in [-0.2, -0.15) is 13.2 Å². The Morgan fingerprint density at radius 2 is 1.65 bits per heavy atom. The van der Waals surface area contributed by atoms with Crippen molar-refractivity contribution in [3.8, 4) is 0 Å². The zero-order valence-electron chi connectivity index (χ0n) is 13.4. The number of carbonyl (C=O) groups excluding carboxylic acids is 2. The Kier molecular flexibility index (Phi) is 8.34. The lowest BCUT2D eigenvalue weighted by Gasteiger charge is -2.15. The van der Waals surface area contributed by atoms with E-state index < -0.39 is 47.6 Å². The predicted molar refractivity (Wildman–Crippen MR) is 76.2 cm³/mol. The molecule has 0 aliphatic carbocycles. The summed E-state index contributed by atoms with van der Waals surface area (Å²) in [6, 6.07) is -0.523. The van der Waals surface area contributed by atoms with Gasteiger partial charge >= 0.3 is 18.1 Å². The molecule has 0 amide bonds. The van der Waals surface area contributed by atoms with Crippen LogP contribution in [-0.4, -0.2) is 48.2 Å². The number of aliphatic hydroxyl groups is 1. The minimum Gasteiger partial charge on any atom is -0.504 e. The Labute approximate surface area is 132 Å². The zero-order valence-corrected chi connectivity index (χ0v) is 13.4. The van der Waals surface area contributed by atoms with Crippen molar-refractivity contribution in [3.05, 3.63) is 11.3 Å². The van der Waals surface area contributed by atoms with Gasteiger partial charge in [0.2, 0.25) is 5.76 Å². The maximum absolute atomic E-state index is 12.8. The third-order valence-corrected chi connectivity index (χ3v) is 2.30. The van der Waals surface area contributed by atoms with Crippen LogP contribution >= 0.6 is 0 Å². The number of hydrogen-bond acceptors (Lipinski definition) is 6. The second kappa shape index (κ2) is 9.16. The first-order valence-electron chi connectivity index (χ1n) is 6.94. The number of allylic oxidation sites excluding steroid dienone is 1. The number of esters is 2. The fourth-order valence-corrected chi connectivity index (χ4v) is 1.56. The first-order valence-corrected chi connectivity index (χ1v) is 6.94.